The van der Waals surface area contributed by atoms with Crippen molar-refractivity contribution in [1.82, 2.24) is 9.88 Å². The van der Waals surface area contributed by atoms with Gasteiger partial charge >= 0.3 is 0 Å². The largest absolute Gasteiger partial charge is 0.352 e. The molecular weight excluding hydrogens is 270 g/mol. The molecule has 0 atom stereocenters. The van der Waals surface area contributed by atoms with E-state index in [1.807, 2.05) is 12.1 Å². The molecule has 1 aromatic heterocycles. The second-order valence-corrected chi connectivity index (χ2v) is 5.83. The van der Waals surface area contributed by atoms with Crippen molar-refractivity contribution in [2.45, 2.75) is 6.42 Å². The number of hydrogen-bond acceptors (Lipinski definition) is 2. The smallest absolute Gasteiger partial charge is 0.157 e. The van der Waals surface area contributed by atoms with Crippen molar-refractivity contribution in [1.29, 1.82) is 0 Å². The van der Waals surface area contributed by atoms with Crippen LogP contribution in [0.2, 0.25) is 0 Å². The summed E-state index contributed by atoms with van der Waals surface area (Å²) in [6.07, 6.45) is 1.01. The number of nitrogens with zero attached hydrogens (tertiary/aromatic N) is 2. The van der Waals surface area contributed by atoms with Gasteiger partial charge in [0, 0.05) is 28.7 Å². The van der Waals surface area contributed by atoms with E-state index in [2.05, 4.69) is 52.9 Å². The van der Waals surface area contributed by atoms with E-state index in [9.17, 15) is 0 Å². The second-order valence-electron chi connectivity index (χ2n) is 5.83. The van der Waals surface area contributed by atoms with Crippen LogP contribution in [0.15, 0.2) is 60.1 Å². The van der Waals surface area contributed by atoms with E-state index in [0.717, 1.165) is 41.4 Å². The van der Waals surface area contributed by atoms with Gasteiger partial charge in [0.1, 0.15) is 0 Å². The molecule has 22 heavy (non-hydrogen) atoms. The van der Waals surface area contributed by atoms with Crippen LogP contribution in [0.1, 0.15) is 16.8 Å². The number of rotatable bonds is 0. The van der Waals surface area contributed by atoms with E-state index in [-0.39, 0.29) is 0 Å². The molecule has 5 rings (SSSR count). The fourth-order valence-corrected chi connectivity index (χ4v) is 3.57. The van der Waals surface area contributed by atoms with Gasteiger partial charge in [-0.2, -0.15) is 0 Å². The lowest BCUT2D eigenvalue weighted by Crippen LogP contribution is -2.38. The third-order valence-corrected chi connectivity index (χ3v) is 4.65. The van der Waals surface area contributed by atoms with Crippen molar-refractivity contribution in [2.75, 3.05) is 6.54 Å². The summed E-state index contributed by atoms with van der Waals surface area (Å²) in [6.45, 7) is 5.23. The zero-order valence-corrected chi connectivity index (χ0v) is 12.1. The Kier molecular flexibility index (Phi) is 2.20. The van der Waals surface area contributed by atoms with Crippen molar-refractivity contribution in [3.8, 4) is 0 Å². The molecule has 0 amide bonds. The molecule has 0 fully saturated rings. The Morgan fingerprint density at radius 2 is 1.86 bits per heavy atom. The van der Waals surface area contributed by atoms with Crippen LogP contribution >= 0.6 is 0 Å². The third-order valence-electron chi connectivity index (χ3n) is 4.65. The van der Waals surface area contributed by atoms with Gasteiger partial charge in [-0.05, 0) is 24.1 Å². The lowest BCUT2D eigenvalue weighted by atomic mass is 9.98. The molecule has 0 radical (unpaired) electrons. The van der Waals surface area contributed by atoms with Gasteiger partial charge in [-0.15, -0.1) is 0 Å². The van der Waals surface area contributed by atoms with Gasteiger partial charge in [0.2, 0.25) is 0 Å². The summed E-state index contributed by atoms with van der Waals surface area (Å²) in [4.78, 5) is 10.7. The predicted molar refractivity (Wildman–Crippen MR) is 90.4 cm³/mol. The van der Waals surface area contributed by atoms with Crippen LogP contribution < -0.4 is 0 Å². The topological polar surface area (TPSA) is 31.4 Å². The summed E-state index contributed by atoms with van der Waals surface area (Å²) in [5.41, 5.74) is 6.88. The minimum Gasteiger partial charge on any atom is -0.352 e. The van der Waals surface area contributed by atoms with Crippen LogP contribution in [-0.4, -0.2) is 22.3 Å². The fraction of sp³-hybridized carbons (Fsp3) is 0.105. The molecule has 0 spiro atoms. The van der Waals surface area contributed by atoms with Crippen molar-refractivity contribution >= 4 is 28.1 Å². The highest BCUT2D eigenvalue weighted by Gasteiger charge is 2.31. The number of nitrogens with one attached hydrogen (secondary N) is 1. The van der Waals surface area contributed by atoms with Gasteiger partial charge in [0.25, 0.3) is 0 Å². The van der Waals surface area contributed by atoms with Gasteiger partial charge in [-0.3, -0.25) is 0 Å². The van der Waals surface area contributed by atoms with E-state index >= 15 is 0 Å². The Balaban J connectivity index is 1.80. The molecule has 2 aliphatic rings. The lowest BCUT2D eigenvalue weighted by Gasteiger charge is -2.35. The number of aromatic amines is 1. The zero-order valence-electron chi connectivity index (χ0n) is 12.1. The normalized spacial score (nSPS) is 16.1. The molecule has 106 valence electrons. The van der Waals surface area contributed by atoms with Gasteiger partial charge < -0.3 is 9.88 Å². The predicted octanol–water partition coefficient (Wildman–Crippen LogP) is 4.09. The van der Waals surface area contributed by atoms with Gasteiger partial charge in [-0.25, -0.2) is 4.99 Å². The average molecular weight is 285 g/mol. The van der Waals surface area contributed by atoms with Crippen LogP contribution in [0, 0.1) is 0 Å². The van der Waals surface area contributed by atoms with Crippen molar-refractivity contribution < 1.29 is 0 Å². The standard InChI is InChI=1S/C19H15N3/c1-12-13-6-2-4-8-16(13)21-19-18-15(10-11-22(12)19)14-7-3-5-9-17(14)20-18/h2-9,20H,1,10-11H2. The first-order valence-electron chi connectivity index (χ1n) is 7.57. The Morgan fingerprint density at radius 3 is 2.82 bits per heavy atom. The summed E-state index contributed by atoms with van der Waals surface area (Å²) in [7, 11) is 0. The molecule has 0 aliphatic carbocycles. The SMILES string of the molecule is C=C1c2ccccc2N=C2c3[nH]c4ccccc4c3CCN12. The minimum atomic E-state index is 0.931. The summed E-state index contributed by atoms with van der Waals surface area (Å²) >= 11 is 0. The highest BCUT2D eigenvalue weighted by molar-refractivity contribution is 6.11. The van der Waals surface area contributed by atoms with E-state index in [1.165, 1.54) is 16.5 Å². The molecular formula is C19H15N3. The number of aliphatic imine (C=N–C) groups is 1. The molecule has 3 heteroatoms. The number of benzene rings is 2. The third kappa shape index (κ3) is 1.43. The molecule has 1 N–H and O–H groups in total. The van der Waals surface area contributed by atoms with E-state index in [0.29, 0.717) is 0 Å². The maximum atomic E-state index is 4.90. The molecule has 0 bridgehead atoms. The van der Waals surface area contributed by atoms with Crippen LogP contribution in [0.3, 0.4) is 0 Å². The lowest BCUT2D eigenvalue weighted by molar-refractivity contribution is 0.561. The van der Waals surface area contributed by atoms with Crippen LogP contribution in [0.25, 0.3) is 16.6 Å². The Hall–Kier alpha value is -2.81. The van der Waals surface area contributed by atoms with Gasteiger partial charge in [-0.1, -0.05) is 43.0 Å². The first kappa shape index (κ1) is 11.8. The quantitative estimate of drug-likeness (QED) is 0.663. The Bertz CT molecular complexity index is 962. The maximum Gasteiger partial charge on any atom is 0.157 e. The zero-order chi connectivity index (χ0) is 14.7. The monoisotopic (exact) mass is 285 g/mol. The molecule has 2 aromatic carbocycles. The summed E-state index contributed by atoms with van der Waals surface area (Å²) < 4.78 is 0. The number of amidine groups is 1. The summed E-state index contributed by atoms with van der Waals surface area (Å²) in [5.74, 6) is 1.00. The maximum absolute atomic E-state index is 4.90. The Labute approximate surface area is 128 Å². The van der Waals surface area contributed by atoms with E-state index in [1.54, 1.807) is 0 Å². The Morgan fingerprint density at radius 1 is 1.05 bits per heavy atom. The molecule has 2 aliphatic heterocycles. The minimum absolute atomic E-state index is 0.931. The molecule has 3 aromatic rings. The number of fused-ring (bicyclic) bond motifs is 6. The highest BCUT2D eigenvalue weighted by Crippen LogP contribution is 2.38. The first-order chi connectivity index (χ1) is 10.8. The van der Waals surface area contributed by atoms with E-state index < -0.39 is 0 Å². The highest BCUT2D eigenvalue weighted by atomic mass is 15.2. The summed E-state index contributed by atoms with van der Waals surface area (Å²) in [6, 6.07) is 16.7. The van der Waals surface area contributed by atoms with Crippen molar-refractivity contribution in [3.05, 3.63) is 71.9 Å². The number of H-pyrrole nitrogens is 1. The molecule has 0 saturated carbocycles. The molecule has 3 heterocycles. The molecule has 0 saturated heterocycles. The average Bonchev–Trinajstić information content (AvgIpc) is 2.94. The number of hydrogen-bond donors (Lipinski definition) is 1. The molecule has 0 unspecified atom stereocenters. The fourth-order valence-electron chi connectivity index (χ4n) is 3.57. The first-order valence-corrected chi connectivity index (χ1v) is 7.57. The van der Waals surface area contributed by atoms with Crippen LogP contribution in [-0.2, 0) is 6.42 Å². The summed E-state index contributed by atoms with van der Waals surface area (Å²) in [5, 5.41) is 1.31. The van der Waals surface area contributed by atoms with Crippen LogP contribution in [0.4, 0.5) is 5.69 Å². The number of para-hydroxylation sites is 2. The second kappa shape index (κ2) is 4.10. The van der Waals surface area contributed by atoms with Crippen LogP contribution in [0.5, 0.6) is 0 Å². The number of aromatic nitrogens is 1. The van der Waals surface area contributed by atoms with Gasteiger partial charge in [0.15, 0.2) is 5.84 Å². The van der Waals surface area contributed by atoms with Gasteiger partial charge in [0.05, 0.1) is 11.4 Å². The van der Waals surface area contributed by atoms with E-state index in [4.69, 9.17) is 4.99 Å². The molecule has 3 nitrogen and oxygen atoms in total. The van der Waals surface area contributed by atoms with Crippen molar-refractivity contribution in [2.24, 2.45) is 4.99 Å². The van der Waals surface area contributed by atoms with Crippen molar-refractivity contribution in [3.63, 3.8) is 0 Å².